The summed E-state index contributed by atoms with van der Waals surface area (Å²) in [6.07, 6.45) is 1.77. The van der Waals surface area contributed by atoms with Crippen molar-refractivity contribution < 1.29 is 9.59 Å². The van der Waals surface area contributed by atoms with Crippen LogP contribution in [0.1, 0.15) is 29.1 Å². The molecule has 0 spiro atoms. The van der Waals surface area contributed by atoms with E-state index in [9.17, 15) is 9.59 Å². The second-order valence-electron chi connectivity index (χ2n) is 6.27. The normalized spacial score (nSPS) is 10.7. The molecule has 5 nitrogen and oxygen atoms in total. The molecule has 0 aliphatic carbocycles. The van der Waals surface area contributed by atoms with Gasteiger partial charge in [0, 0.05) is 42.3 Å². The summed E-state index contributed by atoms with van der Waals surface area (Å²) < 4.78 is 0.729. The van der Waals surface area contributed by atoms with Gasteiger partial charge >= 0.3 is 0 Å². The number of benzene rings is 1. The van der Waals surface area contributed by atoms with Crippen molar-refractivity contribution in [3.05, 3.63) is 63.8 Å². The lowest BCUT2D eigenvalue weighted by Gasteiger charge is -2.20. The van der Waals surface area contributed by atoms with Crippen molar-refractivity contribution >= 4 is 40.4 Å². The Bertz CT molecular complexity index is 817. The van der Waals surface area contributed by atoms with Crippen LogP contribution >= 0.6 is 22.9 Å². The van der Waals surface area contributed by atoms with Crippen LogP contribution in [0, 0.1) is 0 Å². The van der Waals surface area contributed by atoms with Crippen LogP contribution in [0.3, 0.4) is 0 Å². The Labute approximate surface area is 175 Å². The molecule has 0 unspecified atom stereocenters. The fourth-order valence-electron chi connectivity index (χ4n) is 2.85. The van der Waals surface area contributed by atoms with E-state index in [4.69, 9.17) is 11.6 Å². The molecule has 2 amide bonds. The van der Waals surface area contributed by atoms with E-state index in [-0.39, 0.29) is 18.4 Å². The van der Waals surface area contributed by atoms with Crippen molar-refractivity contribution in [3.8, 4) is 0 Å². The van der Waals surface area contributed by atoms with Crippen LogP contribution in [0.2, 0.25) is 4.34 Å². The van der Waals surface area contributed by atoms with Crippen molar-refractivity contribution in [3.63, 3.8) is 0 Å². The highest BCUT2D eigenvalue weighted by atomic mass is 35.5. The molecule has 1 N–H and O–H groups in total. The van der Waals surface area contributed by atoms with Crippen LogP contribution in [-0.2, 0) is 11.3 Å². The van der Waals surface area contributed by atoms with Crippen molar-refractivity contribution in [2.75, 3.05) is 31.5 Å². The lowest BCUT2D eigenvalue weighted by Crippen LogP contribution is -2.33. The van der Waals surface area contributed by atoms with Crippen molar-refractivity contribution in [1.82, 2.24) is 9.80 Å². The largest absolute Gasteiger partial charge is 0.339 e. The number of carbonyl (C=O) groups excluding carboxylic acids is 2. The third-order valence-corrected chi connectivity index (χ3v) is 5.42. The summed E-state index contributed by atoms with van der Waals surface area (Å²) >= 11 is 7.49. The first-order valence-corrected chi connectivity index (χ1v) is 10.4. The predicted octanol–water partition coefficient (Wildman–Crippen LogP) is 4.51. The van der Waals surface area contributed by atoms with Crippen molar-refractivity contribution in [2.24, 2.45) is 0 Å². The van der Waals surface area contributed by atoms with Gasteiger partial charge in [-0.3, -0.25) is 14.5 Å². The average molecular weight is 420 g/mol. The molecule has 2 rings (SSSR count). The predicted molar refractivity (Wildman–Crippen MR) is 117 cm³/mol. The second kappa shape index (κ2) is 11.0. The van der Waals surface area contributed by atoms with E-state index in [0.29, 0.717) is 37.4 Å². The molecule has 0 aliphatic heterocycles. The number of halogens is 1. The second-order valence-corrected chi connectivity index (χ2v) is 8.07. The van der Waals surface area contributed by atoms with Crippen LogP contribution in [0.4, 0.5) is 5.69 Å². The van der Waals surface area contributed by atoms with Crippen molar-refractivity contribution in [1.29, 1.82) is 0 Å². The first kappa shape index (κ1) is 22.1. The summed E-state index contributed by atoms with van der Waals surface area (Å²) in [5, 5.41) is 2.88. The van der Waals surface area contributed by atoms with E-state index in [1.54, 1.807) is 35.2 Å². The van der Waals surface area contributed by atoms with Gasteiger partial charge in [-0.15, -0.1) is 17.9 Å². The van der Waals surface area contributed by atoms with E-state index in [1.165, 1.54) is 11.3 Å². The fourth-order valence-corrected chi connectivity index (χ4v) is 3.98. The molecule has 28 heavy (non-hydrogen) atoms. The van der Waals surface area contributed by atoms with Gasteiger partial charge in [-0.05, 0) is 44.2 Å². The van der Waals surface area contributed by atoms with Crippen LogP contribution in [0.5, 0.6) is 0 Å². The highest BCUT2D eigenvalue weighted by molar-refractivity contribution is 7.16. The van der Waals surface area contributed by atoms with Gasteiger partial charge in [-0.2, -0.15) is 0 Å². The first-order valence-electron chi connectivity index (χ1n) is 9.23. The Morgan fingerprint density at radius 1 is 1.21 bits per heavy atom. The van der Waals surface area contributed by atoms with Gasteiger partial charge in [0.15, 0.2) is 0 Å². The monoisotopic (exact) mass is 419 g/mol. The zero-order chi connectivity index (χ0) is 20.5. The van der Waals surface area contributed by atoms with E-state index in [2.05, 4.69) is 11.9 Å². The molecular weight excluding hydrogens is 394 g/mol. The topological polar surface area (TPSA) is 52.7 Å². The van der Waals surface area contributed by atoms with E-state index >= 15 is 0 Å². The number of thiophene rings is 1. The zero-order valence-electron chi connectivity index (χ0n) is 16.3. The molecule has 150 valence electrons. The van der Waals surface area contributed by atoms with Gasteiger partial charge in [0.2, 0.25) is 5.91 Å². The van der Waals surface area contributed by atoms with Gasteiger partial charge in [-0.1, -0.05) is 23.7 Å². The summed E-state index contributed by atoms with van der Waals surface area (Å²) in [6, 6.07) is 10.9. The lowest BCUT2D eigenvalue weighted by atomic mass is 10.1. The summed E-state index contributed by atoms with van der Waals surface area (Å²) in [4.78, 5) is 29.8. The SMILES string of the molecule is C=CCN(CC(=O)Nc1cccc(C(=O)N(CC)CC)c1)Cc1ccc(Cl)s1. The summed E-state index contributed by atoms with van der Waals surface area (Å²) in [7, 11) is 0. The number of nitrogens with one attached hydrogen (secondary N) is 1. The minimum atomic E-state index is -0.142. The Balaban J connectivity index is 2.01. The van der Waals surface area contributed by atoms with Gasteiger partial charge in [0.25, 0.3) is 5.91 Å². The van der Waals surface area contributed by atoms with Crippen LogP contribution in [0.15, 0.2) is 49.1 Å². The van der Waals surface area contributed by atoms with Crippen molar-refractivity contribution in [2.45, 2.75) is 20.4 Å². The highest BCUT2D eigenvalue weighted by Crippen LogP contribution is 2.22. The minimum absolute atomic E-state index is 0.0380. The number of amides is 2. The maximum absolute atomic E-state index is 12.5. The van der Waals surface area contributed by atoms with Gasteiger partial charge < -0.3 is 10.2 Å². The molecule has 0 radical (unpaired) electrons. The van der Waals surface area contributed by atoms with Crippen LogP contribution < -0.4 is 5.32 Å². The smallest absolute Gasteiger partial charge is 0.253 e. The Kier molecular flexibility index (Phi) is 8.70. The van der Waals surface area contributed by atoms with E-state index in [1.807, 2.05) is 30.9 Å². The Morgan fingerprint density at radius 2 is 1.96 bits per heavy atom. The molecule has 0 fully saturated rings. The number of hydrogen-bond acceptors (Lipinski definition) is 4. The third-order valence-electron chi connectivity index (χ3n) is 4.21. The summed E-state index contributed by atoms with van der Waals surface area (Å²) in [6.45, 7) is 10.4. The molecule has 0 bridgehead atoms. The maximum Gasteiger partial charge on any atom is 0.253 e. The third kappa shape index (κ3) is 6.48. The maximum atomic E-state index is 12.5. The molecule has 0 atom stereocenters. The molecule has 1 aromatic carbocycles. The van der Waals surface area contributed by atoms with E-state index < -0.39 is 0 Å². The first-order chi connectivity index (χ1) is 13.5. The fraction of sp³-hybridized carbons (Fsp3) is 0.333. The molecule has 1 heterocycles. The molecule has 0 saturated carbocycles. The molecule has 7 heteroatoms. The molecule has 0 saturated heterocycles. The van der Waals surface area contributed by atoms with Gasteiger partial charge in [0.1, 0.15) is 0 Å². The molecule has 1 aromatic heterocycles. The van der Waals surface area contributed by atoms with Crippen LogP contribution in [-0.4, -0.2) is 47.8 Å². The van der Waals surface area contributed by atoms with Gasteiger partial charge in [0.05, 0.1) is 10.9 Å². The quantitative estimate of drug-likeness (QED) is 0.576. The zero-order valence-corrected chi connectivity index (χ0v) is 17.9. The molecular formula is C21H26ClN3O2S. The minimum Gasteiger partial charge on any atom is -0.339 e. The van der Waals surface area contributed by atoms with Gasteiger partial charge in [-0.25, -0.2) is 0 Å². The summed E-state index contributed by atoms with van der Waals surface area (Å²) in [5.41, 5.74) is 1.18. The molecule has 0 aliphatic rings. The number of hydrogen-bond donors (Lipinski definition) is 1. The highest BCUT2D eigenvalue weighted by Gasteiger charge is 2.15. The summed E-state index contributed by atoms with van der Waals surface area (Å²) in [5.74, 6) is -0.180. The van der Waals surface area contributed by atoms with Crippen LogP contribution in [0.25, 0.3) is 0 Å². The Morgan fingerprint density at radius 3 is 2.57 bits per heavy atom. The van der Waals surface area contributed by atoms with E-state index in [0.717, 1.165) is 9.21 Å². The number of carbonyl (C=O) groups is 2. The average Bonchev–Trinajstić information content (AvgIpc) is 3.07. The Hall–Kier alpha value is -2.15. The number of rotatable bonds is 10. The standard InChI is InChI=1S/C21H26ClN3O2S/c1-4-12-24(14-18-10-11-19(22)28-18)15-20(26)23-17-9-7-8-16(13-17)21(27)25(5-2)6-3/h4,7-11,13H,1,5-6,12,14-15H2,2-3H3,(H,23,26). The molecule has 2 aromatic rings. The lowest BCUT2D eigenvalue weighted by molar-refractivity contribution is -0.117. The number of nitrogens with zero attached hydrogens (tertiary/aromatic N) is 2. The number of anilines is 1.